The van der Waals surface area contributed by atoms with E-state index < -0.39 is 12.1 Å². The zero-order chi connectivity index (χ0) is 42.3. The summed E-state index contributed by atoms with van der Waals surface area (Å²) in [6, 6.07) is -0.559. The van der Waals surface area contributed by atoms with Gasteiger partial charge in [-0.15, -0.1) is 0 Å². The van der Waals surface area contributed by atoms with Crippen molar-refractivity contribution in [3.05, 3.63) is 24.3 Å². The summed E-state index contributed by atoms with van der Waals surface area (Å²) in [5, 5.41) is 23.2. The third-order valence-corrected chi connectivity index (χ3v) is 11.8. The molecule has 0 aromatic carbocycles. The number of unbranched alkanes of at least 4 members (excludes halogenated alkanes) is 32. The van der Waals surface area contributed by atoms with Gasteiger partial charge in [0.15, 0.2) is 0 Å². The molecule has 0 fully saturated rings. The van der Waals surface area contributed by atoms with Crippen LogP contribution in [-0.4, -0.2) is 47.4 Å². The highest BCUT2D eigenvalue weighted by molar-refractivity contribution is 5.76. The highest BCUT2D eigenvalue weighted by Gasteiger charge is 2.20. The smallest absolute Gasteiger partial charge is 0.305 e. The number of allylic oxidation sites excluding steroid dienone is 4. The maximum absolute atomic E-state index is 12.4. The number of nitrogens with one attached hydrogen (secondary N) is 1. The Kier molecular flexibility index (Phi) is 46.6. The highest BCUT2D eigenvalue weighted by Crippen LogP contribution is 2.16. The molecule has 0 heterocycles. The fourth-order valence-corrected chi connectivity index (χ4v) is 7.79. The molecule has 0 aliphatic carbocycles. The molecule has 0 saturated heterocycles. The van der Waals surface area contributed by atoms with Crippen molar-refractivity contribution in [3.8, 4) is 0 Å². The van der Waals surface area contributed by atoms with Crippen LogP contribution in [0.2, 0.25) is 0 Å². The van der Waals surface area contributed by atoms with Crippen LogP contribution in [0.15, 0.2) is 24.3 Å². The van der Waals surface area contributed by atoms with Crippen LogP contribution < -0.4 is 5.32 Å². The molecule has 1 amide bonds. The molecule has 0 rings (SSSR count). The van der Waals surface area contributed by atoms with Gasteiger partial charge in [0.05, 0.1) is 25.4 Å². The number of carbonyl (C=O) groups excluding carboxylic acids is 2. The van der Waals surface area contributed by atoms with E-state index in [2.05, 4.69) is 43.5 Å². The molecule has 0 aliphatic rings. The molecule has 3 N–H and O–H groups in total. The first kappa shape index (κ1) is 56.3. The number of aliphatic hydroxyl groups excluding tert-OH is 2. The molecule has 0 saturated carbocycles. The minimum atomic E-state index is -0.679. The molecule has 0 aromatic rings. The van der Waals surface area contributed by atoms with Gasteiger partial charge in [0.1, 0.15) is 0 Å². The Balaban J connectivity index is 3.49. The Bertz CT molecular complexity index is 904. The third-order valence-electron chi connectivity index (χ3n) is 11.8. The predicted molar refractivity (Wildman–Crippen MR) is 250 cm³/mol. The van der Waals surface area contributed by atoms with Crippen LogP contribution >= 0.6 is 0 Å². The minimum Gasteiger partial charge on any atom is -0.466 e. The Morgan fingerprint density at radius 1 is 0.483 bits per heavy atom. The number of esters is 1. The van der Waals surface area contributed by atoms with Crippen LogP contribution in [0.5, 0.6) is 0 Å². The van der Waals surface area contributed by atoms with E-state index in [1.807, 2.05) is 0 Å². The van der Waals surface area contributed by atoms with Crippen molar-refractivity contribution in [2.45, 2.75) is 283 Å². The van der Waals surface area contributed by atoms with E-state index >= 15 is 0 Å². The van der Waals surface area contributed by atoms with Crippen molar-refractivity contribution in [2.24, 2.45) is 0 Å². The molecule has 0 spiro atoms. The predicted octanol–water partition coefficient (Wildman–Crippen LogP) is 15.1. The standard InChI is InChI=1S/C52H99NO5/c1-3-5-7-9-11-13-15-17-19-21-23-25-30-34-38-42-46-52(57)58-47-43-39-35-31-27-26-29-33-37-41-45-51(56)53-49(48-54)50(55)44-40-36-32-28-24-22-20-18-16-14-12-10-8-6-4-2/h13,15,19,21,49-50,54-55H,3-12,14,16-18,20,22-48H2,1-2H3,(H,53,56)/b15-13-,21-19-. The third kappa shape index (κ3) is 43.9. The van der Waals surface area contributed by atoms with E-state index in [0.29, 0.717) is 25.9 Å². The van der Waals surface area contributed by atoms with Gasteiger partial charge in [-0.25, -0.2) is 0 Å². The van der Waals surface area contributed by atoms with Crippen LogP contribution in [0, 0.1) is 0 Å². The summed E-state index contributed by atoms with van der Waals surface area (Å²) >= 11 is 0. The van der Waals surface area contributed by atoms with E-state index in [4.69, 9.17) is 4.74 Å². The summed E-state index contributed by atoms with van der Waals surface area (Å²) < 4.78 is 5.45. The monoisotopic (exact) mass is 818 g/mol. The van der Waals surface area contributed by atoms with Crippen LogP contribution in [0.1, 0.15) is 271 Å². The molecular formula is C52H99NO5. The number of rotatable bonds is 47. The molecule has 0 bridgehead atoms. The molecule has 6 nitrogen and oxygen atoms in total. The fraction of sp³-hybridized carbons (Fsp3) is 0.885. The molecule has 0 aromatic heterocycles. The van der Waals surface area contributed by atoms with Gasteiger partial charge in [-0.3, -0.25) is 9.59 Å². The second-order valence-electron chi connectivity index (χ2n) is 17.5. The molecule has 342 valence electrons. The van der Waals surface area contributed by atoms with E-state index in [-0.39, 0.29) is 18.5 Å². The molecule has 0 radical (unpaired) electrons. The van der Waals surface area contributed by atoms with Crippen LogP contribution in [-0.2, 0) is 14.3 Å². The van der Waals surface area contributed by atoms with Gasteiger partial charge in [0.25, 0.3) is 0 Å². The van der Waals surface area contributed by atoms with Gasteiger partial charge >= 0.3 is 5.97 Å². The van der Waals surface area contributed by atoms with Crippen molar-refractivity contribution in [2.75, 3.05) is 13.2 Å². The first-order valence-corrected chi connectivity index (χ1v) is 25.6. The van der Waals surface area contributed by atoms with Gasteiger partial charge in [-0.05, 0) is 57.8 Å². The summed E-state index contributed by atoms with van der Waals surface area (Å²) in [5.41, 5.74) is 0. The summed E-state index contributed by atoms with van der Waals surface area (Å²) in [6.45, 7) is 4.88. The Morgan fingerprint density at radius 3 is 1.33 bits per heavy atom. The lowest BCUT2D eigenvalue weighted by atomic mass is 10.0. The minimum absolute atomic E-state index is 0.0322. The lowest BCUT2D eigenvalue weighted by Crippen LogP contribution is -2.45. The zero-order valence-electron chi connectivity index (χ0n) is 38.8. The van der Waals surface area contributed by atoms with Crippen molar-refractivity contribution < 1.29 is 24.5 Å². The second kappa shape index (κ2) is 48.0. The SMILES string of the molecule is CCCCCC/C=C\C/C=C\CCCCCCCC(=O)OCCCCCCCCCCCCC(=O)NC(CO)C(O)CCCCCCCCCCCCCCCCC. The molecule has 6 heteroatoms. The van der Waals surface area contributed by atoms with E-state index in [1.165, 1.54) is 167 Å². The number of amides is 1. The Hall–Kier alpha value is -1.66. The summed E-state index contributed by atoms with van der Waals surface area (Å²) in [7, 11) is 0. The van der Waals surface area contributed by atoms with Crippen LogP contribution in [0.3, 0.4) is 0 Å². The first-order valence-electron chi connectivity index (χ1n) is 25.6. The molecule has 58 heavy (non-hydrogen) atoms. The molecular weight excluding hydrogens is 719 g/mol. The number of ether oxygens (including phenoxy) is 1. The summed E-state index contributed by atoms with van der Waals surface area (Å²) in [5.74, 6) is -0.0905. The number of carbonyl (C=O) groups is 2. The quantitative estimate of drug-likeness (QED) is 0.0323. The molecule has 2 unspecified atom stereocenters. The highest BCUT2D eigenvalue weighted by atomic mass is 16.5. The topological polar surface area (TPSA) is 95.9 Å². The van der Waals surface area contributed by atoms with Crippen LogP contribution in [0.4, 0.5) is 0 Å². The van der Waals surface area contributed by atoms with Crippen molar-refractivity contribution >= 4 is 11.9 Å². The molecule has 0 aliphatic heterocycles. The van der Waals surface area contributed by atoms with E-state index in [0.717, 1.165) is 70.6 Å². The number of hydrogen-bond acceptors (Lipinski definition) is 5. The van der Waals surface area contributed by atoms with Crippen molar-refractivity contribution in [1.29, 1.82) is 0 Å². The number of aliphatic hydroxyl groups is 2. The van der Waals surface area contributed by atoms with Crippen LogP contribution in [0.25, 0.3) is 0 Å². The first-order chi connectivity index (χ1) is 28.5. The Morgan fingerprint density at radius 2 is 0.862 bits per heavy atom. The second-order valence-corrected chi connectivity index (χ2v) is 17.5. The fourth-order valence-electron chi connectivity index (χ4n) is 7.79. The van der Waals surface area contributed by atoms with E-state index in [1.54, 1.807) is 0 Å². The van der Waals surface area contributed by atoms with Gasteiger partial charge in [-0.2, -0.15) is 0 Å². The van der Waals surface area contributed by atoms with Gasteiger partial charge in [0, 0.05) is 12.8 Å². The largest absolute Gasteiger partial charge is 0.466 e. The maximum atomic E-state index is 12.4. The van der Waals surface area contributed by atoms with Gasteiger partial charge in [-0.1, -0.05) is 224 Å². The molecule has 2 atom stereocenters. The maximum Gasteiger partial charge on any atom is 0.305 e. The zero-order valence-corrected chi connectivity index (χ0v) is 38.8. The lowest BCUT2D eigenvalue weighted by molar-refractivity contribution is -0.143. The van der Waals surface area contributed by atoms with Crippen molar-refractivity contribution in [1.82, 2.24) is 5.32 Å². The average molecular weight is 818 g/mol. The summed E-state index contributed by atoms with van der Waals surface area (Å²) in [6.07, 6.45) is 55.6. The van der Waals surface area contributed by atoms with E-state index in [9.17, 15) is 19.8 Å². The Labute approximate surface area is 361 Å². The van der Waals surface area contributed by atoms with Gasteiger partial charge < -0.3 is 20.3 Å². The van der Waals surface area contributed by atoms with Crippen molar-refractivity contribution in [3.63, 3.8) is 0 Å². The normalized spacial score (nSPS) is 12.8. The lowest BCUT2D eigenvalue weighted by Gasteiger charge is -2.22. The van der Waals surface area contributed by atoms with Gasteiger partial charge in [0.2, 0.25) is 5.91 Å². The average Bonchev–Trinajstić information content (AvgIpc) is 3.22. The number of hydrogen-bond donors (Lipinski definition) is 3. The summed E-state index contributed by atoms with van der Waals surface area (Å²) in [4.78, 5) is 24.5.